The molecule has 0 N–H and O–H groups in total. The van der Waals surface area contributed by atoms with E-state index in [9.17, 15) is 13.6 Å². The second kappa shape index (κ2) is 8.75. The van der Waals surface area contributed by atoms with E-state index in [1.165, 1.54) is 16.9 Å². The fourth-order valence-electron chi connectivity index (χ4n) is 3.89. The monoisotopic (exact) mass is 427 g/mol. The van der Waals surface area contributed by atoms with Crippen LogP contribution in [0.4, 0.5) is 8.78 Å². The number of amides is 1. The summed E-state index contributed by atoms with van der Waals surface area (Å²) in [5.41, 5.74) is 1.60. The van der Waals surface area contributed by atoms with Crippen LogP contribution in [0.5, 0.6) is 0 Å². The Balaban J connectivity index is 0.00000112. The van der Waals surface area contributed by atoms with E-state index in [-0.39, 0.29) is 23.3 Å². The number of hydrogen-bond acceptors (Lipinski definition) is 5. The first-order valence-corrected chi connectivity index (χ1v) is 10.3. The van der Waals surface area contributed by atoms with E-state index in [1.54, 1.807) is 40.0 Å². The fourth-order valence-corrected chi connectivity index (χ4v) is 3.89. The van der Waals surface area contributed by atoms with Crippen LogP contribution in [0, 0.1) is 0 Å². The number of fused-ring (bicyclic) bond motifs is 2. The van der Waals surface area contributed by atoms with Gasteiger partial charge in [0.05, 0.1) is 11.3 Å². The average Bonchev–Trinajstić information content (AvgIpc) is 3.48. The molecule has 0 saturated carbocycles. The molecule has 1 aliphatic rings. The Bertz CT molecular complexity index is 1200. The molecule has 0 spiro atoms. The summed E-state index contributed by atoms with van der Waals surface area (Å²) >= 11 is 0. The molecule has 5 rings (SSSR count). The van der Waals surface area contributed by atoms with Crippen molar-refractivity contribution < 1.29 is 13.6 Å². The van der Waals surface area contributed by atoms with E-state index in [0.29, 0.717) is 24.3 Å². The molecule has 4 aromatic rings. The van der Waals surface area contributed by atoms with Gasteiger partial charge in [-0.3, -0.25) is 4.79 Å². The van der Waals surface area contributed by atoms with Crippen LogP contribution in [-0.2, 0) is 0 Å². The number of pyridine rings is 1. The standard InChI is InChI=1S/C19H17F2N7O.C2H6/c20-17(21)14-8-15(28-19(25-14)23-11-24-28)12-2-1-6-27(9-12)18(29)13-3-4-16-22-5-7-26(16)10-13;1-2/h3-5,7-8,10-12,17H,1-2,6,9H2;1-2H3/t12-;/m0./s1. The number of piperidine rings is 1. The van der Waals surface area contributed by atoms with Crippen molar-refractivity contribution in [2.24, 2.45) is 0 Å². The normalized spacial score (nSPS) is 16.5. The first kappa shape index (κ1) is 20.8. The van der Waals surface area contributed by atoms with E-state index in [4.69, 9.17) is 0 Å². The van der Waals surface area contributed by atoms with Crippen LogP contribution in [0.15, 0.2) is 43.1 Å². The highest BCUT2D eigenvalue weighted by Crippen LogP contribution is 2.30. The first-order chi connectivity index (χ1) is 15.1. The largest absolute Gasteiger partial charge is 0.338 e. The molecular weight excluding hydrogens is 404 g/mol. The van der Waals surface area contributed by atoms with Crippen LogP contribution >= 0.6 is 0 Å². The lowest BCUT2D eigenvalue weighted by Gasteiger charge is -2.33. The Morgan fingerprint density at radius 3 is 2.87 bits per heavy atom. The van der Waals surface area contributed by atoms with Crippen molar-refractivity contribution in [2.75, 3.05) is 13.1 Å². The predicted molar refractivity (Wildman–Crippen MR) is 110 cm³/mol. The number of likely N-dealkylation sites (tertiary alicyclic amines) is 1. The minimum absolute atomic E-state index is 0.0942. The molecule has 10 heteroatoms. The Hall–Kier alpha value is -3.43. The van der Waals surface area contributed by atoms with E-state index in [2.05, 4.69) is 20.1 Å². The van der Waals surface area contributed by atoms with Crippen LogP contribution in [-0.4, -0.2) is 52.9 Å². The number of carbonyl (C=O) groups is 1. The summed E-state index contributed by atoms with van der Waals surface area (Å²) in [6.07, 6.45) is 5.36. The van der Waals surface area contributed by atoms with Crippen LogP contribution in [0.2, 0.25) is 0 Å². The third kappa shape index (κ3) is 3.97. The van der Waals surface area contributed by atoms with Gasteiger partial charge in [-0.25, -0.2) is 23.3 Å². The first-order valence-electron chi connectivity index (χ1n) is 10.3. The number of nitrogens with zero attached hydrogens (tertiary/aromatic N) is 7. The van der Waals surface area contributed by atoms with Gasteiger partial charge < -0.3 is 9.30 Å². The lowest BCUT2D eigenvalue weighted by Crippen LogP contribution is -2.39. The van der Waals surface area contributed by atoms with Gasteiger partial charge in [-0.05, 0) is 31.0 Å². The topological polar surface area (TPSA) is 80.7 Å². The molecular formula is C21H23F2N7O. The lowest BCUT2D eigenvalue weighted by molar-refractivity contribution is 0.0704. The van der Waals surface area contributed by atoms with Crippen LogP contribution in [0.1, 0.15) is 60.8 Å². The number of alkyl halides is 2. The van der Waals surface area contributed by atoms with Gasteiger partial charge >= 0.3 is 0 Å². The molecule has 1 aliphatic heterocycles. The van der Waals surface area contributed by atoms with Gasteiger partial charge in [0.2, 0.25) is 0 Å². The number of carbonyl (C=O) groups excluding carboxylic acids is 1. The molecule has 1 amide bonds. The molecule has 1 saturated heterocycles. The van der Waals surface area contributed by atoms with Crippen LogP contribution < -0.4 is 0 Å². The highest BCUT2D eigenvalue weighted by Gasteiger charge is 2.29. The molecule has 8 nitrogen and oxygen atoms in total. The molecule has 31 heavy (non-hydrogen) atoms. The molecule has 162 valence electrons. The van der Waals surface area contributed by atoms with Crippen LogP contribution in [0.25, 0.3) is 11.4 Å². The second-order valence-corrected chi connectivity index (χ2v) is 7.08. The zero-order valence-electron chi connectivity index (χ0n) is 17.3. The van der Waals surface area contributed by atoms with E-state index in [1.807, 2.05) is 13.8 Å². The maximum absolute atomic E-state index is 13.3. The summed E-state index contributed by atoms with van der Waals surface area (Å²) in [5.74, 6) is -0.0792. The van der Waals surface area contributed by atoms with Crippen molar-refractivity contribution >= 4 is 17.3 Å². The SMILES string of the molecule is CC.O=C(c1ccc2nccn2c1)N1CCC[C@H](c2cc(C(F)F)nc3ncnn23)C1. The van der Waals surface area contributed by atoms with Gasteiger partial charge in [0.25, 0.3) is 18.1 Å². The third-order valence-electron chi connectivity index (χ3n) is 5.29. The molecule has 5 heterocycles. The second-order valence-electron chi connectivity index (χ2n) is 7.08. The Kier molecular flexibility index (Phi) is 5.88. The van der Waals surface area contributed by atoms with Crippen molar-refractivity contribution in [3.8, 4) is 0 Å². The maximum atomic E-state index is 13.3. The Morgan fingerprint density at radius 2 is 2.06 bits per heavy atom. The quantitative estimate of drug-likeness (QED) is 0.497. The summed E-state index contributed by atoms with van der Waals surface area (Å²) in [6, 6.07) is 4.93. The summed E-state index contributed by atoms with van der Waals surface area (Å²) in [7, 11) is 0. The average molecular weight is 427 g/mol. The number of aromatic nitrogens is 6. The molecule has 4 aromatic heterocycles. The third-order valence-corrected chi connectivity index (χ3v) is 5.29. The molecule has 1 fully saturated rings. The van der Waals surface area contributed by atoms with Crippen molar-refractivity contribution in [3.63, 3.8) is 0 Å². The maximum Gasteiger partial charge on any atom is 0.280 e. The molecule has 0 unspecified atom stereocenters. The number of rotatable bonds is 3. The van der Waals surface area contributed by atoms with Crippen LogP contribution in [0.3, 0.4) is 0 Å². The minimum atomic E-state index is -2.70. The van der Waals surface area contributed by atoms with Gasteiger partial charge in [0.15, 0.2) is 0 Å². The molecule has 0 radical (unpaired) electrons. The predicted octanol–water partition coefficient (Wildman–Crippen LogP) is 3.76. The minimum Gasteiger partial charge on any atom is -0.338 e. The number of imidazole rings is 1. The lowest BCUT2D eigenvalue weighted by atomic mass is 9.93. The van der Waals surface area contributed by atoms with Crippen molar-refractivity contribution in [1.29, 1.82) is 0 Å². The fraction of sp³-hybridized carbons (Fsp3) is 0.381. The number of hydrogen-bond donors (Lipinski definition) is 0. The zero-order valence-corrected chi connectivity index (χ0v) is 17.3. The van der Waals surface area contributed by atoms with E-state index >= 15 is 0 Å². The Labute approximate surface area is 177 Å². The molecule has 0 aliphatic carbocycles. The summed E-state index contributed by atoms with van der Waals surface area (Å²) in [6.45, 7) is 5.03. The van der Waals surface area contributed by atoms with Gasteiger partial charge in [-0.2, -0.15) is 10.1 Å². The Morgan fingerprint density at radius 1 is 1.23 bits per heavy atom. The summed E-state index contributed by atoms with van der Waals surface area (Å²) in [4.78, 5) is 26.8. The highest BCUT2D eigenvalue weighted by atomic mass is 19.3. The van der Waals surface area contributed by atoms with Gasteiger partial charge in [0.1, 0.15) is 17.7 Å². The highest BCUT2D eigenvalue weighted by molar-refractivity contribution is 5.94. The van der Waals surface area contributed by atoms with E-state index < -0.39 is 6.43 Å². The van der Waals surface area contributed by atoms with Crippen molar-refractivity contribution in [1.82, 2.24) is 33.9 Å². The summed E-state index contributed by atoms with van der Waals surface area (Å²) in [5, 5.41) is 4.14. The van der Waals surface area contributed by atoms with Gasteiger partial charge in [-0.15, -0.1) is 0 Å². The van der Waals surface area contributed by atoms with E-state index in [0.717, 1.165) is 18.5 Å². The smallest absolute Gasteiger partial charge is 0.280 e. The van der Waals surface area contributed by atoms with Gasteiger partial charge in [-0.1, -0.05) is 13.8 Å². The van der Waals surface area contributed by atoms with Crippen molar-refractivity contribution in [2.45, 2.75) is 39.0 Å². The molecule has 1 atom stereocenters. The molecule has 0 aromatic carbocycles. The zero-order chi connectivity index (χ0) is 22.0. The summed E-state index contributed by atoms with van der Waals surface area (Å²) < 4.78 is 29.9. The van der Waals surface area contributed by atoms with Gasteiger partial charge in [0, 0.05) is 37.6 Å². The number of halogens is 2. The molecule has 0 bridgehead atoms. The van der Waals surface area contributed by atoms with Crippen molar-refractivity contribution in [3.05, 3.63) is 60.1 Å².